The second-order valence-electron chi connectivity index (χ2n) is 6.35. The second kappa shape index (κ2) is 6.36. The first-order valence-electron chi connectivity index (χ1n) is 7.65. The van der Waals surface area contributed by atoms with Crippen molar-refractivity contribution in [2.45, 2.75) is 64.7 Å². The molecule has 0 radical (unpaired) electrons. The Morgan fingerprint density at radius 2 is 2.11 bits per heavy atom. The molecule has 0 bridgehead atoms. The number of hydrogen-bond donors (Lipinski definition) is 1. The van der Waals surface area contributed by atoms with Crippen LogP contribution in [0.2, 0.25) is 0 Å². The minimum absolute atomic E-state index is 0.129. The maximum atomic E-state index is 10.3. The Labute approximate surface area is 112 Å². The summed E-state index contributed by atoms with van der Waals surface area (Å²) in [5, 5.41) is 10.3. The Morgan fingerprint density at radius 3 is 2.78 bits per heavy atom. The van der Waals surface area contributed by atoms with Crippen molar-refractivity contribution in [3.05, 3.63) is 0 Å². The van der Waals surface area contributed by atoms with Crippen LogP contribution in [0.4, 0.5) is 0 Å². The van der Waals surface area contributed by atoms with E-state index in [0.717, 1.165) is 50.8 Å². The fraction of sp³-hybridized carbons (Fsp3) is 1.00. The second-order valence-corrected chi connectivity index (χ2v) is 6.35. The van der Waals surface area contributed by atoms with E-state index in [9.17, 15) is 5.11 Å². The molecule has 3 nitrogen and oxygen atoms in total. The molecule has 0 amide bonds. The maximum absolute atomic E-state index is 10.3. The van der Waals surface area contributed by atoms with Crippen LogP contribution >= 0.6 is 0 Å². The average Bonchev–Trinajstić information content (AvgIpc) is 2.39. The molecule has 4 unspecified atom stereocenters. The van der Waals surface area contributed by atoms with Crippen molar-refractivity contribution in [2.75, 3.05) is 19.7 Å². The lowest BCUT2D eigenvalue weighted by Crippen LogP contribution is -2.54. The fourth-order valence-corrected chi connectivity index (χ4v) is 3.45. The van der Waals surface area contributed by atoms with E-state index >= 15 is 0 Å². The van der Waals surface area contributed by atoms with E-state index in [-0.39, 0.29) is 6.10 Å². The molecule has 18 heavy (non-hydrogen) atoms. The summed E-state index contributed by atoms with van der Waals surface area (Å²) in [6.45, 7) is 9.63. The molecule has 3 heteroatoms. The molecular formula is C15H29NO2. The van der Waals surface area contributed by atoms with Gasteiger partial charge in [0.25, 0.3) is 0 Å². The van der Waals surface area contributed by atoms with Gasteiger partial charge < -0.3 is 9.84 Å². The van der Waals surface area contributed by atoms with E-state index in [1.54, 1.807) is 0 Å². The monoisotopic (exact) mass is 255 g/mol. The van der Waals surface area contributed by atoms with Crippen LogP contribution in [-0.4, -0.2) is 48.0 Å². The summed E-state index contributed by atoms with van der Waals surface area (Å²) in [6, 6.07) is 0.365. The minimum atomic E-state index is -0.129. The number of nitrogens with zero attached hydrogens (tertiary/aromatic N) is 1. The zero-order valence-corrected chi connectivity index (χ0v) is 12.1. The number of hydrogen-bond acceptors (Lipinski definition) is 3. The molecule has 1 N–H and O–H groups in total. The summed E-state index contributed by atoms with van der Waals surface area (Å²) >= 11 is 0. The predicted molar refractivity (Wildman–Crippen MR) is 73.6 cm³/mol. The van der Waals surface area contributed by atoms with Gasteiger partial charge in [-0.2, -0.15) is 0 Å². The zero-order valence-electron chi connectivity index (χ0n) is 12.1. The quantitative estimate of drug-likeness (QED) is 0.840. The summed E-state index contributed by atoms with van der Waals surface area (Å²) in [5.74, 6) is 1.52. The highest BCUT2D eigenvalue weighted by atomic mass is 16.5. The summed E-state index contributed by atoms with van der Waals surface area (Å²) in [7, 11) is 0. The first-order chi connectivity index (χ1) is 8.61. The molecule has 0 aromatic carbocycles. The van der Waals surface area contributed by atoms with Crippen LogP contribution in [0.3, 0.4) is 0 Å². The van der Waals surface area contributed by atoms with Crippen LogP contribution in [0.25, 0.3) is 0 Å². The standard InChI is InChI=1S/C15H29NO2/c1-4-13-10-16(7-8-18-13)14-9-12(11(2)3)5-6-15(14)17/h11-15,17H,4-10H2,1-3H3. The summed E-state index contributed by atoms with van der Waals surface area (Å²) in [6.07, 6.45) is 4.64. The molecule has 0 aromatic rings. The third-order valence-electron chi connectivity index (χ3n) is 4.86. The Morgan fingerprint density at radius 1 is 1.33 bits per heavy atom. The van der Waals surface area contributed by atoms with E-state index < -0.39 is 0 Å². The van der Waals surface area contributed by atoms with E-state index in [0.29, 0.717) is 12.1 Å². The summed E-state index contributed by atoms with van der Waals surface area (Å²) < 4.78 is 5.73. The summed E-state index contributed by atoms with van der Waals surface area (Å²) in [5.41, 5.74) is 0. The lowest BCUT2D eigenvalue weighted by Gasteiger charge is -2.44. The van der Waals surface area contributed by atoms with Crippen molar-refractivity contribution in [1.82, 2.24) is 4.90 Å². The van der Waals surface area contributed by atoms with E-state index in [1.165, 1.54) is 6.42 Å². The van der Waals surface area contributed by atoms with Crippen molar-refractivity contribution in [3.8, 4) is 0 Å². The van der Waals surface area contributed by atoms with Crippen molar-refractivity contribution in [1.29, 1.82) is 0 Å². The van der Waals surface area contributed by atoms with Gasteiger partial charge in [0.2, 0.25) is 0 Å². The van der Waals surface area contributed by atoms with Crippen LogP contribution in [-0.2, 0) is 4.74 Å². The van der Waals surface area contributed by atoms with Crippen molar-refractivity contribution in [3.63, 3.8) is 0 Å². The third kappa shape index (κ3) is 3.25. The van der Waals surface area contributed by atoms with Crippen molar-refractivity contribution in [2.24, 2.45) is 11.8 Å². The Kier molecular flexibility index (Phi) is 5.05. The van der Waals surface area contributed by atoms with Gasteiger partial charge in [-0.1, -0.05) is 20.8 Å². The molecule has 1 aliphatic carbocycles. The molecule has 4 atom stereocenters. The largest absolute Gasteiger partial charge is 0.391 e. The van der Waals surface area contributed by atoms with Gasteiger partial charge in [-0.25, -0.2) is 0 Å². The number of aliphatic hydroxyl groups excluding tert-OH is 1. The van der Waals surface area contributed by atoms with Gasteiger partial charge in [0, 0.05) is 19.1 Å². The molecule has 106 valence electrons. The van der Waals surface area contributed by atoms with Crippen LogP contribution in [0, 0.1) is 11.8 Å². The number of aliphatic hydroxyl groups is 1. The SMILES string of the molecule is CCC1CN(C2CC(C(C)C)CCC2O)CCO1. The van der Waals surface area contributed by atoms with Crippen LogP contribution in [0.5, 0.6) is 0 Å². The summed E-state index contributed by atoms with van der Waals surface area (Å²) in [4.78, 5) is 2.48. The molecule has 2 aliphatic rings. The van der Waals surface area contributed by atoms with Gasteiger partial charge in [0.05, 0.1) is 18.8 Å². The first-order valence-corrected chi connectivity index (χ1v) is 7.65. The molecule has 1 heterocycles. The molecular weight excluding hydrogens is 226 g/mol. The van der Waals surface area contributed by atoms with Gasteiger partial charge >= 0.3 is 0 Å². The van der Waals surface area contributed by atoms with Crippen LogP contribution in [0.15, 0.2) is 0 Å². The van der Waals surface area contributed by atoms with Crippen molar-refractivity contribution >= 4 is 0 Å². The highest BCUT2D eigenvalue weighted by molar-refractivity contribution is 4.89. The third-order valence-corrected chi connectivity index (χ3v) is 4.86. The molecule has 1 saturated carbocycles. The number of rotatable bonds is 3. The Hall–Kier alpha value is -0.120. The van der Waals surface area contributed by atoms with E-state index in [4.69, 9.17) is 4.74 Å². The molecule has 2 fully saturated rings. The smallest absolute Gasteiger partial charge is 0.0700 e. The molecule has 2 rings (SSSR count). The lowest BCUT2D eigenvalue weighted by atomic mass is 9.77. The van der Waals surface area contributed by atoms with Gasteiger partial charge in [-0.05, 0) is 37.5 Å². The highest BCUT2D eigenvalue weighted by Crippen LogP contribution is 2.33. The Balaban J connectivity index is 1.96. The van der Waals surface area contributed by atoms with Gasteiger partial charge in [0.15, 0.2) is 0 Å². The normalized spacial score (nSPS) is 39.2. The van der Waals surface area contributed by atoms with E-state index in [1.807, 2.05) is 0 Å². The lowest BCUT2D eigenvalue weighted by molar-refractivity contribution is -0.0819. The predicted octanol–water partition coefficient (Wildman–Crippen LogP) is 2.28. The molecule has 0 aromatic heterocycles. The van der Waals surface area contributed by atoms with Gasteiger partial charge in [0.1, 0.15) is 0 Å². The van der Waals surface area contributed by atoms with Gasteiger partial charge in [-0.3, -0.25) is 4.90 Å². The average molecular weight is 255 g/mol. The topological polar surface area (TPSA) is 32.7 Å². The number of ether oxygens (including phenoxy) is 1. The van der Waals surface area contributed by atoms with Crippen LogP contribution in [0.1, 0.15) is 46.5 Å². The van der Waals surface area contributed by atoms with Crippen LogP contribution < -0.4 is 0 Å². The Bertz CT molecular complexity index is 257. The minimum Gasteiger partial charge on any atom is -0.391 e. The maximum Gasteiger partial charge on any atom is 0.0700 e. The first kappa shape index (κ1) is 14.3. The van der Waals surface area contributed by atoms with Crippen molar-refractivity contribution < 1.29 is 9.84 Å². The highest BCUT2D eigenvalue weighted by Gasteiger charge is 2.36. The van der Waals surface area contributed by atoms with Gasteiger partial charge in [-0.15, -0.1) is 0 Å². The fourth-order valence-electron chi connectivity index (χ4n) is 3.45. The molecule has 1 saturated heterocycles. The zero-order chi connectivity index (χ0) is 13.1. The molecule has 1 aliphatic heterocycles. The molecule has 0 spiro atoms. The van der Waals surface area contributed by atoms with E-state index in [2.05, 4.69) is 25.7 Å². The number of morpholine rings is 1.